The fourth-order valence-corrected chi connectivity index (χ4v) is 6.19. The number of carbonyl (C=O) groups excluding carboxylic acids is 2. The molecule has 0 unspecified atom stereocenters. The maximum atomic E-state index is 13.3. The number of thiazole rings is 1. The predicted octanol–water partition coefficient (Wildman–Crippen LogP) is 4.73. The van der Waals surface area contributed by atoms with E-state index < -0.39 is 0 Å². The lowest BCUT2D eigenvalue weighted by atomic mass is 10.1. The summed E-state index contributed by atoms with van der Waals surface area (Å²) >= 11 is 1.50. The van der Waals surface area contributed by atoms with Crippen LogP contribution in [0.2, 0.25) is 0 Å². The molecule has 2 aromatic heterocycles. The lowest BCUT2D eigenvalue weighted by Crippen LogP contribution is -2.48. The summed E-state index contributed by atoms with van der Waals surface area (Å²) in [5.41, 5.74) is 3.41. The second-order valence-electron chi connectivity index (χ2n) is 10.6. The summed E-state index contributed by atoms with van der Waals surface area (Å²) in [5.74, 6) is 1.60. The van der Waals surface area contributed by atoms with E-state index in [0.717, 1.165) is 48.3 Å². The SMILES string of the molecule is CCCN(Cc1cccn1Cc1nc(C(=O)N2CCN(Cc3ccc4c(c3)OCO4)CC2)cs1)C(=O)c1ccccc1. The van der Waals surface area contributed by atoms with Gasteiger partial charge in [-0.3, -0.25) is 14.5 Å². The van der Waals surface area contributed by atoms with E-state index in [-0.39, 0.29) is 18.6 Å². The monoisotopic (exact) mass is 585 g/mol. The summed E-state index contributed by atoms with van der Waals surface area (Å²) < 4.78 is 13.0. The fraction of sp³-hybridized carbons (Fsp3) is 0.344. The van der Waals surface area contributed by atoms with Gasteiger partial charge in [-0.05, 0) is 48.4 Å². The molecule has 1 saturated heterocycles. The van der Waals surface area contributed by atoms with Gasteiger partial charge >= 0.3 is 0 Å². The molecule has 2 aliphatic rings. The van der Waals surface area contributed by atoms with E-state index in [1.54, 1.807) is 0 Å². The van der Waals surface area contributed by atoms with E-state index in [0.29, 0.717) is 44.0 Å². The van der Waals surface area contributed by atoms with Crippen LogP contribution in [0.15, 0.2) is 72.2 Å². The van der Waals surface area contributed by atoms with Crippen molar-refractivity contribution in [1.82, 2.24) is 24.3 Å². The largest absolute Gasteiger partial charge is 0.454 e. The third-order valence-electron chi connectivity index (χ3n) is 7.66. The van der Waals surface area contributed by atoms with Crippen molar-refractivity contribution in [3.8, 4) is 11.5 Å². The van der Waals surface area contributed by atoms with Gasteiger partial charge in [0.05, 0.1) is 13.1 Å². The van der Waals surface area contributed by atoms with Crippen molar-refractivity contribution < 1.29 is 19.1 Å². The zero-order chi connectivity index (χ0) is 28.9. The van der Waals surface area contributed by atoms with Crippen molar-refractivity contribution in [2.24, 2.45) is 0 Å². The molecule has 218 valence electrons. The topological polar surface area (TPSA) is 80.1 Å². The number of piperazine rings is 1. The average molecular weight is 586 g/mol. The zero-order valence-corrected chi connectivity index (χ0v) is 24.6. The number of hydrogen-bond acceptors (Lipinski definition) is 7. The Bertz CT molecular complexity index is 1530. The van der Waals surface area contributed by atoms with Crippen molar-refractivity contribution >= 4 is 23.2 Å². The molecule has 4 aromatic rings. The second-order valence-corrected chi connectivity index (χ2v) is 11.5. The molecule has 6 rings (SSSR count). The number of amides is 2. The first-order valence-corrected chi connectivity index (χ1v) is 15.3. The van der Waals surface area contributed by atoms with Crippen LogP contribution in [0.4, 0.5) is 0 Å². The van der Waals surface area contributed by atoms with Crippen LogP contribution in [-0.4, -0.2) is 75.6 Å². The van der Waals surface area contributed by atoms with Gasteiger partial charge in [0.1, 0.15) is 10.7 Å². The van der Waals surface area contributed by atoms with E-state index in [2.05, 4.69) is 22.5 Å². The number of hydrogen-bond donors (Lipinski definition) is 0. The number of nitrogens with zero attached hydrogens (tertiary/aromatic N) is 5. The smallest absolute Gasteiger partial charge is 0.273 e. The molecular formula is C32H35N5O4S. The fourth-order valence-electron chi connectivity index (χ4n) is 5.42. The summed E-state index contributed by atoms with van der Waals surface area (Å²) in [6.07, 6.45) is 2.89. The van der Waals surface area contributed by atoms with Gasteiger partial charge in [0.25, 0.3) is 11.8 Å². The van der Waals surface area contributed by atoms with Crippen LogP contribution in [-0.2, 0) is 19.6 Å². The van der Waals surface area contributed by atoms with E-state index in [1.807, 2.05) is 76.0 Å². The Morgan fingerprint density at radius 3 is 2.57 bits per heavy atom. The van der Waals surface area contributed by atoms with Gasteiger partial charge in [0.15, 0.2) is 11.5 Å². The molecule has 0 bridgehead atoms. The number of benzene rings is 2. The van der Waals surface area contributed by atoms with Crippen LogP contribution in [0, 0.1) is 0 Å². The van der Waals surface area contributed by atoms with Crippen molar-refractivity contribution in [2.75, 3.05) is 39.5 Å². The third-order valence-corrected chi connectivity index (χ3v) is 8.49. The number of carbonyl (C=O) groups is 2. The Kier molecular flexibility index (Phi) is 8.52. The lowest BCUT2D eigenvalue weighted by Gasteiger charge is -2.34. The van der Waals surface area contributed by atoms with E-state index in [1.165, 1.54) is 16.9 Å². The molecule has 0 saturated carbocycles. The van der Waals surface area contributed by atoms with Crippen molar-refractivity contribution in [1.29, 1.82) is 0 Å². The number of fused-ring (bicyclic) bond motifs is 1. The average Bonchev–Trinajstić information content (AvgIpc) is 3.79. The molecule has 2 aromatic carbocycles. The maximum absolute atomic E-state index is 13.3. The molecule has 2 amide bonds. The first kappa shape index (κ1) is 28.0. The Balaban J connectivity index is 1.04. The molecule has 42 heavy (non-hydrogen) atoms. The molecule has 0 aliphatic carbocycles. The predicted molar refractivity (Wildman–Crippen MR) is 161 cm³/mol. The molecular weight excluding hydrogens is 550 g/mol. The van der Waals surface area contributed by atoms with Crippen molar-refractivity contribution in [2.45, 2.75) is 33.0 Å². The molecule has 0 N–H and O–H groups in total. The molecule has 1 fully saturated rings. The van der Waals surface area contributed by atoms with Crippen LogP contribution in [0.5, 0.6) is 11.5 Å². The molecule has 4 heterocycles. The van der Waals surface area contributed by atoms with Crippen molar-refractivity contribution in [3.63, 3.8) is 0 Å². The Hall–Kier alpha value is -4.15. The van der Waals surface area contributed by atoms with Crippen LogP contribution in [0.1, 0.15) is 50.5 Å². The van der Waals surface area contributed by atoms with Crippen LogP contribution < -0.4 is 9.47 Å². The van der Waals surface area contributed by atoms with Gasteiger partial charge in [-0.2, -0.15) is 0 Å². The maximum Gasteiger partial charge on any atom is 0.273 e. The number of rotatable bonds is 10. The summed E-state index contributed by atoms with van der Waals surface area (Å²) in [6.45, 7) is 7.87. The standard InChI is InChI=1S/C32H35N5O4S/c1-2-12-37(31(38)25-7-4-3-5-8-25)20-26-9-6-13-36(26)21-30-33-27(22-42-30)32(39)35-16-14-34(15-17-35)19-24-10-11-28-29(18-24)41-23-40-28/h3-11,13,18,22H,2,12,14-17,19-21,23H2,1H3. The lowest BCUT2D eigenvalue weighted by molar-refractivity contribution is 0.0623. The second kappa shape index (κ2) is 12.8. The highest BCUT2D eigenvalue weighted by Crippen LogP contribution is 2.33. The number of ether oxygens (including phenoxy) is 2. The molecule has 10 heteroatoms. The highest BCUT2D eigenvalue weighted by Gasteiger charge is 2.25. The Morgan fingerprint density at radius 2 is 1.76 bits per heavy atom. The molecule has 2 aliphatic heterocycles. The molecule has 0 atom stereocenters. The van der Waals surface area contributed by atoms with Gasteiger partial charge in [0, 0.05) is 62.1 Å². The quantitative estimate of drug-likeness (QED) is 0.268. The first-order valence-electron chi connectivity index (χ1n) is 14.4. The van der Waals surface area contributed by atoms with Crippen LogP contribution in [0.25, 0.3) is 0 Å². The first-order chi connectivity index (χ1) is 20.6. The summed E-state index contributed by atoms with van der Waals surface area (Å²) in [4.78, 5) is 37.3. The Morgan fingerprint density at radius 1 is 0.952 bits per heavy atom. The summed E-state index contributed by atoms with van der Waals surface area (Å²) in [7, 11) is 0. The van der Waals surface area contributed by atoms with E-state index in [4.69, 9.17) is 14.5 Å². The molecule has 0 spiro atoms. The number of aromatic nitrogens is 2. The minimum absolute atomic E-state index is 0.0180. The van der Waals surface area contributed by atoms with E-state index >= 15 is 0 Å². The minimum atomic E-state index is -0.0180. The van der Waals surface area contributed by atoms with Gasteiger partial charge in [-0.25, -0.2) is 4.98 Å². The van der Waals surface area contributed by atoms with E-state index in [9.17, 15) is 9.59 Å². The third kappa shape index (κ3) is 6.34. The molecule has 9 nitrogen and oxygen atoms in total. The van der Waals surface area contributed by atoms with Gasteiger partial charge in [-0.15, -0.1) is 11.3 Å². The summed E-state index contributed by atoms with van der Waals surface area (Å²) in [5, 5.41) is 2.73. The normalized spacial score (nSPS) is 14.7. The highest BCUT2D eigenvalue weighted by atomic mass is 32.1. The van der Waals surface area contributed by atoms with Gasteiger partial charge in [0.2, 0.25) is 6.79 Å². The zero-order valence-electron chi connectivity index (χ0n) is 23.8. The van der Waals surface area contributed by atoms with Crippen molar-refractivity contribution in [3.05, 3.63) is 99.8 Å². The minimum Gasteiger partial charge on any atom is -0.454 e. The highest BCUT2D eigenvalue weighted by molar-refractivity contribution is 7.09. The van der Waals surface area contributed by atoms with Crippen LogP contribution in [0.3, 0.4) is 0 Å². The van der Waals surface area contributed by atoms with Crippen LogP contribution >= 0.6 is 11.3 Å². The Labute approximate surface area is 249 Å². The molecule has 0 radical (unpaired) electrons. The van der Waals surface area contributed by atoms with Gasteiger partial charge in [-0.1, -0.05) is 31.2 Å². The summed E-state index contributed by atoms with van der Waals surface area (Å²) in [6, 6.07) is 19.5. The van der Waals surface area contributed by atoms with Gasteiger partial charge < -0.3 is 23.8 Å².